The number of hydrogen-bond acceptors (Lipinski definition) is 4. The van der Waals surface area contributed by atoms with Gasteiger partial charge in [0.1, 0.15) is 5.82 Å². The van der Waals surface area contributed by atoms with Gasteiger partial charge in [0.05, 0.1) is 0 Å². The van der Waals surface area contributed by atoms with Crippen molar-refractivity contribution in [3.8, 4) is 5.88 Å². The zero-order valence-electron chi connectivity index (χ0n) is 7.31. The van der Waals surface area contributed by atoms with Crippen LogP contribution in [0.4, 0.5) is 19.0 Å². The van der Waals surface area contributed by atoms with Crippen LogP contribution in [0.15, 0.2) is 6.07 Å². The third kappa shape index (κ3) is 3.38. The number of halogens is 4. The van der Waals surface area contributed by atoms with E-state index in [-0.39, 0.29) is 17.9 Å². The van der Waals surface area contributed by atoms with E-state index in [0.29, 0.717) is 3.57 Å². The number of nitrogens with two attached hydrogens (primary N) is 2. The van der Waals surface area contributed by atoms with Crippen molar-refractivity contribution in [2.45, 2.75) is 12.9 Å². The van der Waals surface area contributed by atoms with Gasteiger partial charge in [0.2, 0.25) is 5.88 Å². The summed E-state index contributed by atoms with van der Waals surface area (Å²) in [7, 11) is 0. The van der Waals surface area contributed by atoms with Crippen molar-refractivity contribution in [2.24, 2.45) is 5.73 Å². The molecule has 0 aromatic carbocycles. The maximum atomic E-state index is 12.0. The molecular formula is C7H7F3IN3O. The number of pyridine rings is 1. The Morgan fingerprint density at radius 3 is 2.53 bits per heavy atom. The van der Waals surface area contributed by atoms with Crippen molar-refractivity contribution < 1.29 is 17.9 Å². The van der Waals surface area contributed by atoms with Gasteiger partial charge >= 0.3 is 6.36 Å². The fourth-order valence-corrected chi connectivity index (χ4v) is 1.68. The molecule has 0 aliphatic heterocycles. The highest BCUT2D eigenvalue weighted by molar-refractivity contribution is 14.1. The van der Waals surface area contributed by atoms with Gasteiger partial charge < -0.3 is 16.2 Å². The van der Waals surface area contributed by atoms with Crippen LogP contribution in [-0.4, -0.2) is 11.3 Å². The maximum Gasteiger partial charge on any atom is 0.574 e. The number of aromatic nitrogens is 1. The standard InChI is InChI=1S/C7H7F3IN3O/c8-7(9,10)15-6-3(2-12)4(11)1-5(13)14-6/h1H,2,12H2,(H2,13,14). The Morgan fingerprint density at radius 1 is 1.47 bits per heavy atom. The number of anilines is 1. The number of hydrogen-bond donors (Lipinski definition) is 2. The molecule has 0 radical (unpaired) electrons. The fraction of sp³-hybridized carbons (Fsp3) is 0.286. The van der Waals surface area contributed by atoms with E-state index in [1.165, 1.54) is 6.07 Å². The molecular weight excluding hydrogens is 326 g/mol. The van der Waals surface area contributed by atoms with Crippen LogP contribution in [0.25, 0.3) is 0 Å². The Labute approximate surface area is 96.9 Å². The zero-order chi connectivity index (χ0) is 11.6. The highest BCUT2D eigenvalue weighted by atomic mass is 127. The summed E-state index contributed by atoms with van der Waals surface area (Å²) in [5.74, 6) is -0.634. The maximum absolute atomic E-state index is 12.0. The molecule has 0 saturated heterocycles. The van der Waals surface area contributed by atoms with Crippen molar-refractivity contribution in [2.75, 3.05) is 5.73 Å². The van der Waals surface area contributed by atoms with Crippen molar-refractivity contribution in [3.63, 3.8) is 0 Å². The van der Waals surface area contributed by atoms with Gasteiger partial charge in [0.25, 0.3) is 0 Å². The molecule has 1 aromatic rings. The van der Waals surface area contributed by atoms with Crippen LogP contribution in [0.5, 0.6) is 5.88 Å². The molecule has 1 rings (SSSR count). The minimum absolute atomic E-state index is 0.0455. The van der Waals surface area contributed by atoms with E-state index in [2.05, 4.69) is 9.72 Å². The second kappa shape index (κ2) is 4.39. The Hall–Kier alpha value is -0.770. The minimum Gasteiger partial charge on any atom is -0.387 e. The molecule has 0 amide bonds. The van der Waals surface area contributed by atoms with Gasteiger partial charge in [-0.1, -0.05) is 0 Å². The van der Waals surface area contributed by atoms with Gasteiger partial charge in [0.15, 0.2) is 0 Å². The highest BCUT2D eigenvalue weighted by Gasteiger charge is 2.33. The molecule has 0 atom stereocenters. The van der Waals surface area contributed by atoms with Crippen LogP contribution in [-0.2, 0) is 6.54 Å². The lowest BCUT2D eigenvalue weighted by Crippen LogP contribution is -2.20. The Morgan fingerprint density at radius 2 is 2.07 bits per heavy atom. The molecule has 0 spiro atoms. The molecule has 4 nitrogen and oxygen atoms in total. The molecule has 0 bridgehead atoms. The summed E-state index contributed by atoms with van der Waals surface area (Å²) < 4.78 is 40.1. The van der Waals surface area contributed by atoms with E-state index < -0.39 is 12.2 Å². The molecule has 0 aliphatic carbocycles. The van der Waals surface area contributed by atoms with Crippen LogP contribution < -0.4 is 16.2 Å². The van der Waals surface area contributed by atoms with E-state index in [0.717, 1.165) is 0 Å². The van der Waals surface area contributed by atoms with E-state index >= 15 is 0 Å². The average Bonchev–Trinajstić information content (AvgIpc) is 1.99. The van der Waals surface area contributed by atoms with E-state index in [1.807, 2.05) is 22.6 Å². The minimum atomic E-state index is -4.80. The fourth-order valence-electron chi connectivity index (χ4n) is 0.915. The number of alkyl halides is 3. The number of rotatable bonds is 2. The van der Waals surface area contributed by atoms with Gasteiger partial charge in [-0.2, -0.15) is 4.98 Å². The van der Waals surface area contributed by atoms with Crippen LogP contribution in [0.2, 0.25) is 0 Å². The van der Waals surface area contributed by atoms with Gasteiger partial charge in [-0.15, -0.1) is 13.2 Å². The second-order valence-electron chi connectivity index (χ2n) is 2.56. The monoisotopic (exact) mass is 333 g/mol. The van der Waals surface area contributed by atoms with Gasteiger partial charge in [-0.05, 0) is 28.7 Å². The molecule has 0 fully saturated rings. The van der Waals surface area contributed by atoms with Gasteiger partial charge in [-0.3, -0.25) is 0 Å². The van der Waals surface area contributed by atoms with E-state index in [1.54, 1.807) is 0 Å². The second-order valence-corrected chi connectivity index (χ2v) is 3.73. The summed E-state index contributed by atoms with van der Waals surface area (Å²) in [6.45, 7) is -0.100. The summed E-state index contributed by atoms with van der Waals surface area (Å²) in [6.07, 6.45) is -4.80. The highest BCUT2D eigenvalue weighted by Crippen LogP contribution is 2.28. The van der Waals surface area contributed by atoms with Crippen LogP contribution in [0.1, 0.15) is 5.56 Å². The Bertz CT molecular complexity index is 369. The lowest BCUT2D eigenvalue weighted by Gasteiger charge is -2.12. The van der Waals surface area contributed by atoms with Crippen LogP contribution in [0, 0.1) is 3.57 Å². The molecule has 1 aromatic heterocycles. The average molecular weight is 333 g/mol. The van der Waals surface area contributed by atoms with Crippen LogP contribution >= 0.6 is 22.6 Å². The van der Waals surface area contributed by atoms with Crippen molar-refractivity contribution in [1.82, 2.24) is 4.98 Å². The predicted molar refractivity (Wildman–Crippen MR) is 55.9 cm³/mol. The molecule has 84 valence electrons. The zero-order valence-corrected chi connectivity index (χ0v) is 9.46. The first-order valence-corrected chi connectivity index (χ1v) is 4.82. The van der Waals surface area contributed by atoms with E-state index in [4.69, 9.17) is 11.5 Å². The third-order valence-corrected chi connectivity index (χ3v) is 2.43. The lowest BCUT2D eigenvalue weighted by molar-refractivity contribution is -0.276. The van der Waals surface area contributed by atoms with Gasteiger partial charge in [0, 0.05) is 15.7 Å². The molecule has 0 aliphatic rings. The SMILES string of the molecule is NCc1c(I)cc(N)nc1OC(F)(F)F. The van der Waals surface area contributed by atoms with E-state index in [9.17, 15) is 13.2 Å². The largest absolute Gasteiger partial charge is 0.574 e. The predicted octanol–water partition coefficient (Wildman–Crippen LogP) is 1.63. The summed E-state index contributed by atoms with van der Waals surface area (Å²) in [4.78, 5) is 3.44. The quantitative estimate of drug-likeness (QED) is 0.807. The number of nitrogen functional groups attached to an aromatic ring is 1. The first-order valence-electron chi connectivity index (χ1n) is 3.74. The van der Waals surface area contributed by atoms with Crippen molar-refractivity contribution >= 4 is 28.4 Å². The number of nitrogens with zero attached hydrogens (tertiary/aromatic N) is 1. The van der Waals surface area contributed by atoms with Crippen LogP contribution in [0.3, 0.4) is 0 Å². The topological polar surface area (TPSA) is 74.2 Å². The summed E-state index contributed by atoms with van der Waals surface area (Å²) in [5, 5.41) is 0. The summed E-state index contributed by atoms with van der Waals surface area (Å²) >= 11 is 1.82. The van der Waals surface area contributed by atoms with Gasteiger partial charge in [-0.25, -0.2) is 0 Å². The molecule has 8 heteroatoms. The Balaban J connectivity index is 3.15. The number of ether oxygens (including phenoxy) is 1. The Kier molecular flexibility index (Phi) is 3.60. The third-order valence-electron chi connectivity index (χ3n) is 1.47. The summed E-state index contributed by atoms with van der Waals surface area (Å²) in [5.41, 5.74) is 10.8. The van der Waals surface area contributed by atoms with Crippen molar-refractivity contribution in [1.29, 1.82) is 0 Å². The molecule has 4 N–H and O–H groups in total. The molecule has 15 heavy (non-hydrogen) atoms. The lowest BCUT2D eigenvalue weighted by atomic mass is 10.2. The first-order chi connectivity index (χ1) is 6.83. The normalized spacial score (nSPS) is 11.5. The summed E-state index contributed by atoms with van der Waals surface area (Å²) in [6, 6.07) is 1.42. The molecule has 0 unspecified atom stereocenters. The smallest absolute Gasteiger partial charge is 0.387 e. The molecule has 0 saturated carbocycles. The molecule has 1 heterocycles. The first kappa shape index (κ1) is 12.3. The van der Waals surface area contributed by atoms with Crippen molar-refractivity contribution in [3.05, 3.63) is 15.2 Å².